The van der Waals surface area contributed by atoms with E-state index in [4.69, 9.17) is 4.74 Å². The minimum Gasteiger partial charge on any atom is -0.455 e. The molecule has 0 saturated carbocycles. The Bertz CT molecular complexity index is 1760. The zero-order valence-corrected chi connectivity index (χ0v) is 25.1. The molecule has 11 heteroatoms. The number of ether oxygens (including phenoxy) is 1. The highest BCUT2D eigenvalue weighted by atomic mass is 32.2. The predicted octanol–water partition coefficient (Wildman–Crippen LogP) is 5.59. The number of carbonyl (C=O) groups excluding carboxylic acids is 1. The molecule has 0 spiro atoms. The Hall–Kier alpha value is -4.64. The first-order valence-electron chi connectivity index (χ1n) is 13.5. The van der Waals surface area contributed by atoms with Crippen molar-refractivity contribution in [3.8, 4) is 11.5 Å². The quantitative estimate of drug-likeness (QED) is 0.262. The van der Waals surface area contributed by atoms with Crippen molar-refractivity contribution in [2.75, 3.05) is 21.2 Å². The lowest BCUT2D eigenvalue weighted by Crippen LogP contribution is -2.33. The highest BCUT2D eigenvalue weighted by molar-refractivity contribution is 7.92. The smallest absolute Gasteiger partial charge is 0.246 e. The summed E-state index contributed by atoms with van der Waals surface area (Å²) < 4.78 is 35.3. The van der Waals surface area contributed by atoms with Gasteiger partial charge in [-0.25, -0.2) is 13.1 Å². The van der Waals surface area contributed by atoms with Crippen molar-refractivity contribution in [2.45, 2.75) is 46.3 Å². The van der Waals surface area contributed by atoms with Crippen LogP contribution in [0.2, 0.25) is 0 Å². The van der Waals surface area contributed by atoms with Crippen LogP contribution in [0, 0.1) is 6.92 Å². The third-order valence-corrected chi connectivity index (χ3v) is 7.82. The molecule has 42 heavy (non-hydrogen) atoms. The minimum absolute atomic E-state index is 0.0769. The summed E-state index contributed by atoms with van der Waals surface area (Å²) in [5.41, 5.74) is 4.89. The van der Waals surface area contributed by atoms with E-state index in [0.29, 0.717) is 28.6 Å². The Kier molecular flexibility index (Phi) is 7.79. The second-order valence-electron chi connectivity index (χ2n) is 11.0. The number of fused-ring (bicyclic) bond motifs is 1. The van der Waals surface area contributed by atoms with Crippen LogP contribution in [0.4, 0.5) is 17.1 Å². The molecule has 0 fully saturated rings. The molecule has 1 amide bonds. The fourth-order valence-corrected chi connectivity index (χ4v) is 5.85. The largest absolute Gasteiger partial charge is 0.455 e. The highest BCUT2D eigenvalue weighted by Gasteiger charge is 2.29. The van der Waals surface area contributed by atoms with Crippen LogP contribution in [-0.2, 0) is 27.9 Å². The lowest BCUT2D eigenvalue weighted by Gasteiger charge is -2.33. The molecule has 0 atom stereocenters. The molecule has 2 N–H and O–H groups in total. The fourth-order valence-electron chi connectivity index (χ4n) is 4.98. The summed E-state index contributed by atoms with van der Waals surface area (Å²) in [7, 11) is -3.80. The summed E-state index contributed by atoms with van der Waals surface area (Å²) >= 11 is 0. The van der Waals surface area contributed by atoms with Crippen molar-refractivity contribution in [1.82, 2.24) is 15.0 Å². The van der Waals surface area contributed by atoms with Crippen molar-refractivity contribution in [3.05, 3.63) is 95.8 Å². The zero-order chi connectivity index (χ0) is 30.1. The number of aryl methyl sites for hydroxylation is 1. The minimum atomic E-state index is -3.80. The van der Waals surface area contributed by atoms with E-state index in [1.807, 2.05) is 80.6 Å². The number of sulfonamides is 1. The monoisotopic (exact) mass is 586 g/mol. The average molecular weight is 587 g/mol. The molecule has 4 aromatic rings. The standard InChI is InChI=1S/C31H34N6O4S/c1-21-10-9-11-23(14-21)32-30(38)20-36-18-24(34-35-36)19-37(42(5,39)40)28-15-26-22(2)17-31(3,4)33-27(26)16-29(28)41-25-12-7-6-8-13-25/h6-18,33H,19-20H2,1-5H3,(H,32,38). The first-order valence-corrected chi connectivity index (χ1v) is 15.3. The Morgan fingerprint density at radius 2 is 1.83 bits per heavy atom. The number of para-hydroxylation sites is 1. The second-order valence-corrected chi connectivity index (χ2v) is 13.0. The van der Waals surface area contributed by atoms with E-state index in [0.717, 1.165) is 28.6 Å². The van der Waals surface area contributed by atoms with Gasteiger partial charge in [0.25, 0.3) is 0 Å². The third-order valence-electron chi connectivity index (χ3n) is 6.70. The van der Waals surface area contributed by atoms with E-state index < -0.39 is 10.0 Å². The number of hydrogen-bond donors (Lipinski definition) is 2. The molecule has 5 rings (SSSR count). The van der Waals surface area contributed by atoms with Crippen LogP contribution >= 0.6 is 0 Å². The number of benzene rings is 3. The van der Waals surface area contributed by atoms with Crippen molar-refractivity contribution in [3.63, 3.8) is 0 Å². The number of anilines is 3. The maximum absolute atomic E-state index is 13.2. The SMILES string of the molecule is CC1=CC(C)(C)Nc2cc(Oc3ccccc3)c(N(Cc3cn(CC(=O)Nc4cccc(C)c4)nn3)S(C)(=O)=O)cc21. The summed E-state index contributed by atoms with van der Waals surface area (Å²) in [6, 6.07) is 20.3. The number of aromatic nitrogens is 3. The number of allylic oxidation sites excluding steroid dienone is 1. The molecule has 0 radical (unpaired) electrons. The fraction of sp³-hybridized carbons (Fsp3) is 0.258. The molecule has 1 aromatic heterocycles. The molecule has 2 heterocycles. The van der Waals surface area contributed by atoms with Gasteiger partial charge in [-0.05, 0) is 69.2 Å². The van der Waals surface area contributed by atoms with E-state index in [2.05, 4.69) is 40.9 Å². The lowest BCUT2D eigenvalue weighted by atomic mass is 9.91. The van der Waals surface area contributed by atoms with Crippen LogP contribution in [0.3, 0.4) is 0 Å². The maximum Gasteiger partial charge on any atom is 0.246 e. The number of hydrogen-bond acceptors (Lipinski definition) is 7. The van der Waals surface area contributed by atoms with Gasteiger partial charge in [-0.3, -0.25) is 9.10 Å². The molecule has 1 aliphatic heterocycles. The average Bonchev–Trinajstić information content (AvgIpc) is 3.33. The van der Waals surface area contributed by atoms with Gasteiger partial charge in [0.15, 0.2) is 5.75 Å². The van der Waals surface area contributed by atoms with Gasteiger partial charge in [0.1, 0.15) is 18.0 Å². The van der Waals surface area contributed by atoms with Crippen molar-refractivity contribution in [1.29, 1.82) is 0 Å². The van der Waals surface area contributed by atoms with Gasteiger partial charge in [0, 0.05) is 23.0 Å². The van der Waals surface area contributed by atoms with E-state index in [9.17, 15) is 13.2 Å². The lowest BCUT2D eigenvalue weighted by molar-refractivity contribution is -0.116. The van der Waals surface area contributed by atoms with Gasteiger partial charge in [-0.1, -0.05) is 41.6 Å². The van der Waals surface area contributed by atoms with Crippen LogP contribution in [0.25, 0.3) is 5.57 Å². The summed E-state index contributed by atoms with van der Waals surface area (Å²) in [6.07, 6.45) is 4.82. The molecular weight excluding hydrogens is 552 g/mol. The van der Waals surface area contributed by atoms with Gasteiger partial charge in [0.05, 0.1) is 30.2 Å². The number of rotatable bonds is 9. The van der Waals surface area contributed by atoms with E-state index in [-0.39, 0.29) is 24.5 Å². The summed E-state index contributed by atoms with van der Waals surface area (Å²) in [6.45, 7) is 7.90. The van der Waals surface area contributed by atoms with Crippen LogP contribution in [0.5, 0.6) is 11.5 Å². The van der Waals surface area contributed by atoms with Crippen molar-refractivity contribution < 1.29 is 17.9 Å². The Labute approximate surface area is 246 Å². The van der Waals surface area contributed by atoms with E-state index in [1.165, 1.54) is 8.99 Å². The Balaban J connectivity index is 1.46. The highest BCUT2D eigenvalue weighted by Crippen LogP contribution is 2.43. The number of amides is 1. The number of carbonyl (C=O) groups is 1. The normalized spacial score (nSPS) is 13.9. The number of nitrogens with zero attached hydrogens (tertiary/aromatic N) is 4. The molecule has 3 aromatic carbocycles. The molecule has 10 nitrogen and oxygen atoms in total. The third kappa shape index (κ3) is 6.80. The summed E-state index contributed by atoms with van der Waals surface area (Å²) in [5, 5.41) is 14.6. The van der Waals surface area contributed by atoms with Gasteiger partial charge in [-0.15, -0.1) is 5.10 Å². The molecular formula is C31H34N6O4S. The summed E-state index contributed by atoms with van der Waals surface area (Å²) in [5.74, 6) is 0.663. The Morgan fingerprint density at radius 3 is 2.55 bits per heavy atom. The van der Waals surface area contributed by atoms with Crippen LogP contribution in [0.15, 0.2) is 79.0 Å². The van der Waals surface area contributed by atoms with Crippen molar-refractivity contribution in [2.24, 2.45) is 0 Å². The molecule has 0 bridgehead atoms. The van der Waals surface area contributed by atoms with Gasteiger partial charge < -0.3 is 15.4 Å². The van der Waals surface area contributed by atoms with E-state index in [1.54, 1.807) is 6.20 Å². The molecule has 0 saturated heterocycles. The van der Waals surface area contributed by atoms with Crippen molar-refractivity contribution >= 4 is 38.6 Å². The molecule has 1 aliphatic rings. The van der Waals surface area contributed by atoms with Gasteiger partial charge in [0.2, 0.25) is 15.9 Å². The molecule has 0 aliphatic carbocycles. The van der Waals surface area contributed by atoms with Crippen LogP contribution in [-0.4, -0.2) is 41.1 Å². The zero-order valence-electron chi connectivity index (χ0n) is 24.2. The first-order chi connectivity index (χ1) is 19.9. The molecule has 218 valence electrons. The van der Waals surface area contributed by atoms with Gasteiger partial charge >= 0.3 is 0 Å². The molecule has 0 unspecified atom stereocenters. The van der Waals surface area contributed by atoms with Crippen LogP contribution < -0.4 is 19.7 Å². The first kappa shape index (κ1) is 28.9. The number of nitrogens with one attached hydrogen (secondary N) is 2. The van der Waals surface area contributed by atoms with E-state index >= 15 is 0 Å². The topological polar surface area (TPSA) is 118 Å². The summed E-state index contributed by atoms with van der Waals surface area (Å²) in [4.78, 5) is 12.6. The Morgan fingerprint density at radius 1 is 1.07 bits per heavy atom. The second kappa shape index (κ2) is 11.3. The maximum atomic E-state index is 13.2. The van der Waals surface area contributed by atoms with Crippen LogP contribution in [0.1, 0.15) is 37.6 Å². The predicted molar refractivity (Wildman–Crippen MR) is 165 cm³/mol. The van der Waals surface area contributed by atoms with Gasteiger partial charge in [-0.2, -0.15) is 0 Å².